The van der Waals surface area contributed by atoms with E-state index in [-0.39, 0.29) is 43.2 Å². The smallest absolute Gasteiger partial charge is 0.239 e. The van der Waals surface area contributed by atoms with Crippen LogP contribution in [0.2, 0.25) is 0 Å². The number of carbonyl (C=O) groups is 2. The summed E-state index contributed by atoms with van der Waals surface area (Å²) in [4.78, 5) is 22.5. The molecule has 0 fully saturated rings. The Labute approximate surface area is 125 Å². The van der Waals surface area contributed by atoms with E-state index >= 15 is 0 Å². The minimum Gasteiger partial charge on any atom is -0.354 e. The normalized spacial score (nSPS) is 11.1. The quantitative estimate of drug-likeness (QED) is 0.696. The maximum Gasteiger partial charge on any atom is 0.239 e. The number of rotatable bonds is 7. The first-order valence-corrected chi connectivity index (χ1v) is 6.45. The third kappa shape index (κ3) is 6.54. The van der Waals surface area contributed by atoms with Crippen molar-refractivity contribution in [2.45, 2.75) is 19.3 Å². The van der Waals surface area contributed by atoms with Crippen molar-refractivity contribution in [3.63, 3.8) is 0 Å². The number of amides is 2. The van der Waals surface area contributed by atoms with Crippen molar-refractivity contribution in [3.05, 3.63) is 35.9 Å². The monoisotopic (exact) mass is 299 g/mol. The molecular weight excluding hydrogens is 278 g/mol. The van der Waals surface area contributed by atoms with Crippen molar-refractivity contribution < 1.29 is 9.59 Å². The molecule has 1 aromatic rings. The number of carbonyl (C=O) groups excluding carboxylic acids is 2. The van der Waals surface area contributed by atoms with Crippen LogP contribution in [0.1, 0.15) is 24.8 Å². The Morgan fingerprint density at radius 1 is 1.15 bits per heavy atom. The summed E-state index contributed by atoms with van der Waals surface area (Å²) >= 11 is 0. The highest BCUT2D eigenvalue weighted by molar-refractivity contribution is 5.85. The molecule has 2 amide bonds. The Hall–Kier alpha value is -1.59. The largest absolute Gasteiger partial charge is 0.354 e. The summed E-state index contributed by atoms with van der Waals surface area (Å²) in [6.45, 7) is 2.52. The molecule has 0 radical (unpaired) electrons. The molecule has 20 heavy (non-hydrogen) atoms. The predicted octanol–water partition coefficient (Wildman–Crippen LogP) is 0.793. The van der Waals surface area contributed by atoms with E-state index in [0.717, 1.165) is 6.42 Å². The van der Waals surface area contributed by atoms with Crippen LogP contribution in [0.15, 0.2) is 30.3 Å². The van der Waals surface area contributed by atoms with Crippen LogP contribution in [0, 0.1) is 0 Å². The minimum atomic E-state index is -0.328. The zero-order chi connectivity index (χ0) is 14.1. The van der Waals surface area contributed by atoms with Crippen LogP contribution in [-0.2, 0) is 9.59 Å². The molecule has 0 aliphatic carbocycles. The first-order valence-electron chi connectivity index (χ1n) is 6.45. The van der Waals surface area contributed by atoms with Crippen LogP contribution in [-0.4, -0.2) is 31.4 Å². The van der Waals surface area contributed by atoms with Gasteiger partial charge in [0, 0.05) is 12.5 Å². The van der Waals surface area contributed by atoms with Crippen LogP contribution in [0.3, 0.4) is 0 Å². The molecule has 112 valence electrons. The Morgan fingerprint density at radius 2 is 1.80 bits per heavy atom. The lowest BCUT2D eigenvalue weighted by atomic mass is 9.96. The van der Waals surface area contributed by atoms with E-state index in [1.165, 1.54) is 5.56 Å². The molecule has 0 saturated heterocycles. The zero-order valence-corrected chi connectivity index (χ0v) is 12.4. The van der Waals surface area contributed by atoms with E-state index < -0.39 is 0 Å². The minimum absolute atomic E-state index is 0. The molecule has 0 heterocycles. The molecule has 1 atom stereocenters. The lowest BCUT2D eigenvalue weighted by molar-refractivity contribution is -0.125. The maximum atomic E-state index is 11.5. The molecule has 0 spiro atoms. The van der Waals surface area contributed by atoms with E-state index in [4.69, 9.17) is 5.73 Å². The molecule has 1 rings (SSSR count). The zero-order valence-electron chi connectivity index (χ0n) is 11.6. The Kier molecular flexibility index (Phi) is 9.41. The second-order valence-corrected chi connectivity index (χ2v) is 4.30. The van der Waals surface area contributed by atoms with Gasteiger partial charge in [-0.25, -0.2) is 0 Å². The number of hydrogen-bond acceptors (Lipinski definition) is 3. The van der Waals surface area contributed by atoms with E-state index in [9.17, 15) is 9.59 Å². The summed E-state index contributed by atoms with van der Waals surface area (Å²) < 4.78 is 0. The van der Waals surface area contributed by atoms with Crippen molar-refractivity contribution >= 4 is 24.2 Å². The molecule has 0 aliphatic rings. The van der Waals surface area contributed by atoms with Gasteiger partial charge in [0.25, 0.3) is 0 Å². The van der Waals surface area contributed by atoms with Gasteiger partial charge in [0.05, 0.1) is 13.1 Å². The standard InChI is InChI=1S/C14H21N3O2.ClH/c1-2-11(12-6-4-3-5-7-12)9-16-14(19)10-17-13(18)8-15;/h3-7,11H,2,8-10,15H2,1H3,(H,16,19)(H,17,18);1H. The van der Waals surface area contributed by atoms with Crippen molar-refractivity contribution in [2.24, 2.45) is 5.73 Å². The van der Waals surface area contributed by atoms with Crippen molar-refractivity contribution in [2.75, 3.05) is 19.6 Å². The highest BCUT2D eigenvalue weighted by Gasteiger charge is 2.10. The molecule has 0 aliphatic heterocycles. The average molecular weight is 300 g/mol. The first-order chi connectivity index (χ1) is 9.17. The molecule has 4 N–H and O–H groups in total. The van der Waals surface area contributed by atoms with Crippen molar-refractivity contribution in [3.8, 4) is 0 Å². The van der Waals surface area contributed by atoms with Crippen molar-refractivity contribution in [1.29, 1.82) is 0 Å². The van der Waals surface area contributed by atoms with Gasteiger partial charge < -0.3 is 16.4 Å². The molecule has 6 heteroatoms. The fourth-order valence-corrected chi connectivity index (χ4v) is 1.77. The lowest BCUT2D eigenvalue weighted by Gasteiger charge is -2.16. The summed E-state index contributed by atoms with van der Waals surface area (Å²) in [7, 11) is 0. The van der Waals surface area contributed by atoms with E-state index in [1.54, 1.807) is 0 Å². The summed E-state index contributed by atoms with van der Waals surface area (Å²) in [5, 5.41) is 5.25. The predicted molar refractivity (Wildman–Crippen MR) is 81.8 cm³/mol. The van der Waals surface area contributed by atoms with Gasteiger partial charge in [-0.05, 0) is 12.0 Å². The second-order valence-electron chi connectivity index (χ2n) is 4.30. The van der Waals surface area contributed by atoms with Gasteiger partial charge >= 0.3 is 0 Å². The van der Waals surface area contributed by atoms with Gasteiger partial charge in [-0.15, -0.1) is 12.4 Å². The van der Waals surface area contributed by atoms with Crippen molar-refractivity contribution in [1.82, 2.24) is 10.6 Å². The van der Waals surface area contributed by atoms with Crippen LogP contribution in [0.5, 0.6) is 0 Å². The van der Waals surface area contributed by atoms with Gasteiger partial charge in [-0.2, -0.15) is 0 Å². The molecule has 5 nitrogen and oxygen atoms in total. The summed E-state index contributed by atoms with van der Waals surface area (Å²) in [5.74, 6) is -0.239. The Bertz CT molecular complexity index is 412. The van der Waals surface area contributed by atoms with Gasteiger partial charge in [0.15, 0.2) is 0 Å². The topological polar surface area (TPSA) is 84.2 Å². The molecular formula is C14H22ClN3O2. The van der Waals surface area contributed by atoms with Gasteiger partial charge in [0.2, 0.25) is 11.8 Å². The number of nitrogens with two attached hydrogens (primary N) is 1. The number of halogens is 1. The fourth-order valence-electron chi connectivity index (χ4n) is 1.77. The van der Waals surface area contributed by atoms with Crippen LogP contribution in [0.4, 0.5) is 0 Å². The highest BCUT2D eigenvalue weighted by atomic mass is 35.5. The third-order valence-corrected chi connectivity index (χ3v) is 2.94. The van der Waals surface area contributed by atoms with Crippen LogP contribution < -0.4 is 16.4 Å². The summed E-state index contributed by atoms with van der Waals surface area (Å²) in [6, 6.07) is 10.0. The fraction of sp³-hybridized carbons (Fsp3) is 0.429. The van der Waals surface area contributed by atoms with Gasteiger partial charge in [-0.1, -0.05) is 37.3 Å². The van der Waals surface area contributed by atoms with E-state index in [2.05, 4.69) is 29.7 Å². The average Bonchev–Trinajstić information content (AvgIpc) is 2.46. The molecule has 0 aromatic heterocycles. The number of nitrogens with one attached hydrogen (secondary N) is 2. The van der Waals surface area contributed by atoms with Gasteiger partial charge in [-0.3, -0.25) is 9.59 Å². The van der Waals surface area contributed by atoms with Crippen LogP contribution >= 0.6 is 12.4 Å². The van der Waals surface area contributed by atoms with E-state index in [0.29, 0.717) is 6.54 Å². The Morgan fingerprint density at radius 3 is 2.35 bits per heavy atom. The van der Waals surface area contributed by atoms with Gasteiger partial charge in [0.1, 0.15) is 0 Å². The molecule has 1 unspecified atom stereocenters. The number of benzene rings is 1. The van der Waals surface area contributed by atoms with Crippen LogP contribution in [0.25, 0.3) is 0 Å². The second kappa shape index (κ2) is 10.2. The highest BCUT2D eigenvalue weighted by Crippen LogP contribution is 2.17. The maximum absolute atomic E-state index is 11.5. The molecule has 1 aromatic carbocycles. The summed E-state index contributed by atoms with van der Waals surface area (Å²) in [5.41, 5.74) is 6.34. The molecule has 0 bridgehead atoms. The van der Waals surface area contributed by atoms with E-state index in [1.807, 2.05) is 18.2 Å². The first kappa shape index (κ1) is 18.4. The summed E-state index contributed by atoms with van der Waals surface area (Å²) in [6.07, 6.45) is 0.944. The SMILES string of the molecule is CCC(CNC(=O)CNC(=O)CN)c1ccccc1.Cl. The number of hydrogen-bond donors (Lipinski definition) is 3. The lowest BCUT2D eigenvalue weighted by Crippen LogP contribution is -2.40. The Balaban J connectivity index is 0.00000361. The third-order valence-electron chi connectivity index (χ3n) is 2.94. The molecule has 0 saturated carbocycles.